The maximum Gasteiger partial charge on any atom is 0.508 e. The van der Waals surface area contributed by atoms with Crippen LogP contribution in [0.4, 0.5) is 4.79 Å². The van der Waals surface area contributed by atoms with Crippen LogP contribution in [-0.4, -0.2) is 51.5 Å². The van der Waals surface area contributed by atoms with Crippen molar-refractivity contribution in [2.75, 3.05) is 40.9 Å². The summed E-state index contributed by atoms with van der Waals surface area (Å²) in [4.78, 5) is 10.7. The third-order valence-corrected chi connectivity index (χ3v) is 1.24. The summed E-state index contributed by atoms with van der Waals surface area (Å²) in [6, 6.07) is 0. The first-order valence-electron chi connectivity index (χ1n) is 4.05. The number of ether oxygens (including phenoxy) is 2. The van der Waals surface area contributed by atoms with Crippen LogP contribution in [0, 0.1) is 0 Å². The maximum atomic E-state index is 10.7. The average Bonchev–Trinajstić information content (AvgIpc) is 1.84. The highest BCUT2D eigenvalue weighted by Gasteiger charge is 2.08. The van der Waals surface area contributed by atoms with Gasteiger partial charge in [0.15, 0.2) is 0 Å². The van der Waals surface area contributed by atoms with Crippen LogP contribution >= 0.6 is 0 Å². The summed E-state index contributed by atoms with van der Waals surface area (Å²) in [7, 11) is 6.11. The number of hydrogen-bond donors (Lipinski definition) is 0. The number of rotatable bonds is 4. The van der Waals surface area contributed by atoms with Crippen molar-refractivity contribution in [3.8, 4) is 0 Å². The summed E-state index contributed by atoms with van der Waals surface area (Å²) in [5, 5.41) is 0. The van der Waals surface area contributed by atoms with Crippen molar-refractivity contribution in [3.63, 3.8) is 0 Å². The van der Waals surface area contributed by atoms with Crippen LogP contribution in [0.15, 0.2) is 0 Å². The fourth-order valence-electron chi connectivity index (χ4n) is 0.562. The van der Waals surface area contributed by atoms with Gasteiger partial charge < -0.3 is 14.0 Å². The van der Waals surface area contributed by atoms with Crippen LogP contribution in [0.2, 0.25) is 0 Å². The van der Waals surface area contributed by atoms with E-state index in [0.717, 1.165) is 11.0 Å². The highest BCUT2D eigenvalue weighted by Crippen LogP contribution is 1.91. The van der Waals surface area contributed by atoms with Crippen molar-refractivity contribution >= 4 is 6.16 Å². The van der Waals surface area contributed by atoms with Crippen LogP contribution in [-0.2, 0) is 9.47 Å². The molecule has 0 rings (SSSR count). The minimum atomic E-state index is -0.578. The molecular formula is C8H18NO3+. The Kier molecular flexibility index (Phi) is 4.66. The molecule has 0 unspecified atom stereocenters. The molecule has 0 spiro atoms. The molecule has 0 aliphatic carbocycles. The Hall–Kier alpha value is -0.770. The summed E-state index contributed by atoms with van der Waals surface area (Å²) in [6.45, 7) is 3.31. The van der Waals surface area contributed by atoms with E-state index in [1.165, 1.54) is 0 Å². The lowest BCUT2D eigenvalue weighted by molar-refractivity contribution is -0.870. The lowest BCUT2D eigenvalue weighted by Crippen LogP contribution is -2.38. The molecule has 0 atom stereocenters. The quantitative estimate of drug-likeness (QED) is 0.471. The molecule has 0 heterocycles. The zero-order valence-corrected chi connectivity index (χ0v) is 8.29. The first-order chi connectivity index (χ1) is 5.45. The molecule has 0 bridgehead atoms. The fraction of sp³-hybridized carbons (Fsp3) is 0.875. The monoisotopic (exact) mass is 176 g/mol. The second-order valence-electron chi connectivity index (χ2n) is 3.55. The van der Waals surface area contributed by atoms with Gasteiger partial charge in [-0.2, -0.15) is 0 Å². The molecule has 0 aromatic heterocycles. The van der Waals surface area contributed by atoms with Gasteiger partial charge in [0.1, 0.15) is 13.2 Å². The van der Waals surface area contributed by atoms with Crippen molar-refractivity contribution in [2.45, 2.75) is 6.92 Å². The summed E-state index contributed by atoms with van der Waals surface area (Å²) in [6.07, 6.45) is -0.578. The maximum absolute atomic E-state index is 10.7. The van der Waals surface area contributed by atoms with Crippen LogP contribution in [0.3, 0.4) is 0 Å². The molecule has 12 heavy (non-hydrogen) atoms. The van der Waals surface area contributed by atoms with Crippen LogP contribution in [0.25, 0.3) is 0 Å². The topological polar surface area (TPSA) is 35.5 Å². The van der Waals surface area contributed by atoms with E-state index >= 15 is 0 Å². The van der Waals surface area contributed by atoms with Gasteiger partial charge >= 0.3 is 6.16 Å². The minimum absolute atomic E-state index is 0.364. The van der Waals surface area contributed by atoms with Gasteiger partial charge in [-0.15, -0.1) is 0 Å². The first kappa shape index (κ1) is 11.2. The molecule has 0 aromatic rings. The molecule has 72 valence electrons. The normalized spacial score (nSPS) is 11.0. The number of carbonyl (C=O) groups excluding carboxylic acids is 1. The van der Waals surface area contributed by atoms with Crippen molar-refractivity contribution in [2.24, 2.45) is 0 Å². The van der Waals surface area contributed by atoms with Gasteiger partial charge in [0.05, 0.1) is 27.7 Å². The zero-order chi connectivity index (χ0) is 9.61. The lowest BCUT2D eigenvalue weighted by Gasteiger charge is -2.23. The Bertz CT molecular complexity index is 140. The number of nitrogens with zero attached hydrogens (tertiary/aromatic N) is 1. The van der Waals surface area contributed by atoms with Crippen LogP contribution in [0.5, 0.6) is 0 Å². The molecule has 4 heteroatoms. The number of hydrogen-bond acceptors (Lipinski definition) is 3. The highest BCUT2D eigenvalue weighted by molar-refractivity contribution is 5.59. The van der Waals surface area contributed by atoms with E-state index in [1.54, 1.807) is 6.92 Å². The first-order valence-corrected chi connectivity index (χ1v) is 4.05. The number of carbonyl (C=O) groups is 1. The number of likely N-dealkylation sites (N-methyl/N-ethyl adjacent to an activating group) is 1. The van der Waals surface area contributed by atoms with Crippen molar-refractivity contribution < 1.29 is 18.8 Å². The van der Waals surface area contributed by atoms with E-state index in [1.807, 2.05) is 21.1 Å². The minimum Gasteiger partial charge on any atom is -0.435 e. The van der Waals surface area contributed by atoms with Crippen molar-refractivity contribution in [1.82, 2.24) is 0 Å². The SMILES string of the molecule is CCOC(=O)OCC[N+](C)(C)C. The standard InChI is InChI=1S/C8H18NO3/c1-5-11-8(10)12-7-6-9(2,3)4/h5-7H2,1-4H3/q+1. The second kappa shape index (κ2) is 4.98. The molecule has 0 fully saturated rings. The van der Waals surface area contributed by atoms with Crippen LogP contribution < -0.4 is 0 Å². The van der Waals surface area contributed by atoms with Gasteiger partial charge in [0, 0.05) is 0 Å². The van der Waals surface area contributed by atoms with Gasteiger partial charge in [-0.05, 0) is 6.92 Å². The number of quaternary nitrogens is 1. The van der Waals surface area contributed by atoms with Gasteiger partial charge in [-0.25, -0.2) is 4.79 Å². The molecule has 4 nitrogen and oxygen atoms in total. The molecular weight excluding hydrogens is 158 g/mol. The van der Waals surface area contributed by atoms with Gasteiger partial charge in [0.2, 0.25) is 0 Å². The fourth-order valence-corrected chi connectivity index (χ4v) is 0.562. The summed E-state index contributed by atoms with van der Waals surface area (Å²) in [5.74, 6) is 0. The van der Waals surface area contributed by atoms with Gasteiger partial charge in [-0.3, -0.25) is 0 Å². The summed E-state index contributed by atoms with van der Waals surface area (Å²) in [5.41, 5.74) is 0. The molecule has 0 radical (unpaired) electrons. The molecule has 0 saturated carbocycles. The van der Waals surface area contributed by atoms with E-state index in [9.17, 15) is 4.79 Å². The lowest BCUT2D eigenvalue weighted by atomic mass is 10.5. The predicted octanol–water partition coefficient (Wildman–Crippen LogP) is 0.866. The van der Waals surface area contributed by atoms with E-state index < -0.39 is 6.16 Å². The largest absolute Gasteiger partial charge is 0.508 e. The molecule has 0 aromatic carbocycles. The van der Waals surface area contributed by atoms with Crippen molar-refractivity contribution in [1.29, 1.82) is 0 Å². The molecule has 0 aliphatic rings. The summed E-state index contributed by atoms with van der Waals surface area (Å²) < 4.78 is 10.1. The molecule has 0 saturated heterocycles. The molecule has 0 N–H and O–H groups in total. The van der Waals surface area contributed by atoms with E-state index in [4.69, 9.17) is 4.74 Å². The highest BCUT2D eigenvalue weighted by atomic mass is 16.7. The Morgan fingerprint density at radius 2 is 1.83 bits per heavy atom. The zero-order valence-electron chi connectivity index (χ0n) is 8.29. The Labute approximate surface area is 73.7 Å². The summed E-state index contributed by atoms with van der Waals surface area (Å²) >= 11 is 0. The average molecular weight is 176 g/mol. The van der Waals surface area contributed by atoms with E-state index in [2.05, 4.69) is 4.74 Å². The molecule has 0 aliphatic heterocycles. The van der Waals surface area contributed by atoms with E-state index in [0.29, 0.717) is 13.2 Å². The van der Waals surface area contributed by atoms with Crippen molar-refractivity contribution in [3.05, 3.63) is 0 Å². The molecule has 0 amide bonds. The Morgan fingerprint density at radius 1 is 1.25 bits per heavy atom. The Balaban J connectivity index is 3.37. The smallest absolute Gasteiger partial charge is 0.435 e. The van der Waals surface area contributed by atoms with E-state index in [-0.39, 0.29) is 0 Å². The van der Waals surface area contributed by atoms with Gasteiger partial charge in [-0.1, -0.05) is 0 Å². The second-order valence-corrected chi connectivity index (χ2v) is 3.55. The van der Waals surface area contributed by atoms with Crippen LogP contribution in [0.1, 0.15) is 6.92 Å². The third-order valence-electron chi connectivity index (χ3n) is 1.24. The van der Waals surface area contributed by atoms with Gasteiger partial charge in [0.25, 0.3) is 0 Å². The third kappa shape index (κ3) is 7.34. The Morgan fingerprint density at radius 3 is 2.25 bits per heavy atom. The predicted molar refractivity (Wildman–Crippen MR) is 45.9 cm³/mol.